The summed E-state index contributed by atoms with van der Waals surface area (Å²) < 4.78 is 10.6. The lowest BCUT2D eigenvalue weighted by molar-refractivity contribution is -0.132. The van der Waals surface area contributed by atoms with E-state index in [0.29, 0.717) is 24.2 Å². The predicted molar refractivity (Wildman–Crippen MR) is 122 cm³/mol. The van der Waals surface area contributed by atoms with Crippen LogP contribution < -0.4 is 5.76 Å². The summed E-state index contributed by atoms with van der Waals surface area (Å²) in [6.45, 7) is 2.80. The maximum Gasteiger partial charge on any atom is 0.420 e. The second kappa shape index (κ2) is 7.37. The molecule has 1 amide bonds. The van der Waals surface area contributed by atoms with Crippen molar-refractivity contribution in [3.63, 3.8) is 0 Å². The van der Waals surface area contributed by atoms with E-state index in [2.05, 4.69) is 19.1 Å². The van der Waals surface area contributed by atoms with Gasteiger partial charge < -0.3 is 13.9 Å². The molecule has 1 aliphatic rings. The minimum atomic E-state index is -0.529. The van der Waals surface area contributed by atoms with Gasteiger partial charge in [0.1, 0.15) is 12.4 Å². The van der Waals surface area contributed by atoms with Crippen LogP contribution in [0.4, 0.5) is 0 Å². The van der Waals surface area contributed by atoms with Crippen LogP contribution in [0.25, 0.3) is 22.6 Å². The average Bonchev–Trinajstić information content (AvgIpc) is 3.57. The molecule has 0 radical (unpaired) electrons. The van der Waals surface area contributed by atoms with E-state index >= 15 is 0 Å². The molecule has 0 fully saturated rings. The summed E-state index contributed by atoms with van der Waals surface area (Å²) in [5.41, 5.74) is 5.08. The monoisotopic (exact) mass is 439 g/mol. The lowest BCUT2D eigenvalue weighted by Gasteiger charge is -2.18. The minimum Gasteiger partial charge on any atom is -0.408 e. The second-order valence-corrected chi connectivity index (χ2v) is 8.26. The Morgan fingerprint density at radius 3 is 2.67 bits per heavy atom. The molecule has 0 bridgehead atoms. The van der Waals surface area contributed by atoms with Crippen molar-refractivity contribution in [1.82, 2.24) is 23.8 Å². The lowest BCUT2D eigenvalue weighted by Crippen LogP contribution is -2.32. The van der Waals surface area contributed by atoms with E-state index in [1.165, 1.54) is 4.57 Å². The fourth-order valence-electron chi connectivity index (χ4n) is 4.46. The van der Waals surface area contributed by atoms with Crippen LogP contribution in [0.15, 0.2) is 82.3 Å². The largest absolute Gasteiger partial charge is 0.420 e. The SMILES string of the molecule is Cc1cccc(-n2nc3c(c2-n2cccc2)CN(C(=O)Cn2c(=O)oc4ccccc42)C3)c1. The molecule has 164 valence electrons. The highest BCUT2D eigenvalue weighted by molar-refractivity contribution is 5.80. The number of oxazole rings is 1. The number of para-hydroxylation sites is 2. The Kier molecular flexibility index (Phi) is 4.33. The zero-order chi connectivity index (χ0) is 22.5. The first-order chi connectivity index (χ1) is 16.1. The third kappa shape index (κ3) is 3.18. The van der Waals surface area contributed by atoms with Crippen molar-refractivity contribution in [1.29, 1.82) is 0 Å². The van der Waals surface area contributed by atoms with Crippen LogP contribution in [0.5, 0.6) is 0 Å². The number of carbonyl (C=O) groups is 1. The van der Waals surface area contributed by atoms with Gasteiger partial charge in [-0.05, 0) is 48.9 Å². The number of amides is 1. The van der Waals surface area contributed by atoms with Crippen LogP contribution in [-0.4, -0.2) is 29.7 Å². The van der Waals surface area contributed by atoms with Crippen molar-refractivity contribution in [3.8, 4) is 11.5 Å². The van der Waals surface area contributed by atoms with Gasteiger partial charge in [0.2, 0.25) is 5.91 Å². The van der Waals surface area contributed by atoms with Gasteiger partial charge in [-0.3, -0.25) is 9.36 Å². The van der Waals surface area contributed by atoms with Gasteiger partial charge in [0.25, 0.3) is 0 Å². The van der Waals surface area contributed by atoms with Crippen molar-refractivity contribution in [2.75, 3.05) is 0 Å². The quantitative estimate of drug-likeness (QED) is 0.430. The molecule has 1 aliphatic heterocycles. The Balaban J connectivity index is 1.34. The molecule has 33 heavy (non-hydrogen) atoms. The van der Waals surface area contributed by atoms with Crippen molar-refractivity contribution in [2.24, 2.45) is 0 Å². The highest BCUT2D eigenvalue weighted by Crippen LogP contribution is 2.31. The molecule has 2 aromatic carbocycles. The molecule has 0 atom stereocenters. The molecule has 8 heteroatoms. The molecule has 8 nitrogen and oxygen atoms in total. The summed E-state index contributed by atoms with van der Waals surface area (Å²) in [6, 6.07) is 19.2. The van der Waals surface area contributed by atoms with Gasteiger partial charge in [0.05, 0.1) is 30.0 Å². The molecule has 6 rings (SSSR count). The molecule has 0 unspecified atom stereocenters. The summed E-state index contributed by atoms with van der Waals surface area (Å²) in [5.74, 6) is 0.239. The van der Waals surface area contributed by atoms with Crippen molar-refractivity contribution < 1.29 is 9.21 Å². The van der Waals surface area contributed by atoms with Gasteiger partial charge in [-0.15, -0.1) is 0 Å². The number of benzene rings is 2. The van der Waals surface area contributed by atoms with Crippen LogP contribution >= 0.6 is 0 Å². The van der Waals surface area contributed by atoms with E-state index in [0.717, 1.165) is 28.3 Å². The Hall–Kier alpha value is -4.33. The number of aryl methyl sites for hydroxylation is 1. The highest BCUT2D eigenvalue weighted by atomic mass is 16.4. The Morgan fingerprint density at radius 1 is 1.03 bits per heavy atom. The minimum absolute atomic E-state index is 0.0726. The van der Waals surface area contributed by atoms with Crippen molar-refractivity contribution >= 4 is 17.0 Å². The molecule has 0 N–H and O–H groups in total. The number of nitrogens with zero attached hydrogens (tertiary/aromatic N) is 5. The maximum absolute atomic E-state index is 13.2. The Morgan fingerprint density at radius 2 is 1.85 bits per heavy atom. The number of fused-ring (bicyclic) bond motifs is 2. The molecule has 0 saturated carbocycles. The van der Waals surface area contributed by atoms with E-state index in [1.807, 2.05) is 52.0 Å². The Bertz CT molecular complexity index is 1550. The third-order valence-electron chi connectivity index (χ3n) is 6.04. The normalized spacial score (nSPS) is 13.1. The molecule has 0 aliphatic carbocycles. The third-order valence-corrected chi connectivity index (χ3v) is 6.04. The van der Waals surface area contributed by atoms with Crippen molar-refractivity contribution in [2.45, 2.75) is 26.6 Å². The van der Waals surface area contributed by atoms with E-state index < -0.39 is 5.76 Å². The maximum atomic E-state index is 13.2. The van der Waals surface area contributed by atoms with Gasteiger partial charge >= 0.3 is 5.76 Å². The lowest BCUT2D eigenvalue weighted by atomic mass is 10.2. The predicted octanol–water partition coefficient (Wildman–Crippen LogP) is 3.42. The molecule has 3 aromatic heterocycles. The van der Waals surface area contributed by atoms with Gasteiger partial charge in [-0.25, -0.2) is 9.48 Å². The van der Waals surface area contributed by atoms with Crippen LogP contribution in [0, 0.1) is 6.92 Å². The molecule has 4 heterocycles. The van der Waals surface area contributed by atoms with Crippen molar-refractivity contribution in [3.05, 3.63) is 100 Å². The first kappa shape index (κ1) is 19.4. The number of hydrogen-bond donors (Lipinski definition) is 0. The summed E-state index contributed by atoms with van der Waals surface area (Å²) in [7, 11) is 0. The summed E-state index contributed by atoms with van der Waals surface area (Å²) in [4.78, 5) is 27.2. The highest BCUT2D eigenvalue weighted by Gasteiger charge is 2.32. The first-order valence-corrected chi connectivity index (χ1v) is 10.8. The second-order valence-electron chi connectivity index (χ2n) is 8.26. The number of hydrogen-bond acceptors (Lipinski definition) is 4. The molecular formula is C25H21N5O3. The Labute approximate surface area is 188 Å². The van der Waals surface area contributed by atoms with Gasteiger partial charge in [0.15, 0.2) is 5.58 Å². The van der Waals surface area contributed by atoms with Gasteiger partial charge in [-0.2, -0.15) is 5.10 Å². The number of rotatable bonds is 4. The summed E-state index contributed by atoms with van der Waals surface area (Å²) >= 11 is 0. The van der Waals surface area contributed by atoms with E-state index in [4.69, 9.17) is 9.52 Å². The standard InChI is InChI=1S/C25H21N5O3/c1-17-7-6-8-18(13-17)30-24(27-11-4-5-12-27)19-14-28(15-20(19)26-30)23(31)16-29-21-9-2-3-10-22(21)33-25(29)32/h2-13H,14-16H2,1H3. The first-order valence-electron chi connectivity index (χ1n) is 10.8. The van der Waals surface area contributed by atoms with Gasteiger partial charge in [-0.1, -0.05) is 24.3 Å². The number of aromatic nitrogens is 4. The molecular weight excluding hydrogens is 418 g/mol. The fourth-order valence-corrected chi connectivity index (χ4v) is 4.46. The zero-order valence-corrected chi connectivity index (χ0v) is 18.0. The van der Waals surface area contributed by atoms with E-state index in [-0.39, 0.29) is 12.5 Å². The zero-order valence-electron chi connectivity index (χ0n) is 18.0. The van der Waals surface area contributed by atoms with E-state index in [1.54, 1.807) is 23.1 Å². The fraction of sp³-hybridized carbons (Fsp3) is 0.160. The topological polar surface area (TPSA) is 78.2 Å². The summed E-state index contributed by atoms with van der Waals surface area (Å²) in [5, 5.41) is 4.87. The summed E-state index contributed by atoms with van der Waals surface area (Å²) in [6.07, 6.45) is 3.95. The molecule has 5 aromatic rings. The van der Waals surface area contributed by atoms with Crippen LogP contribution in [-0.2, 0) is 24.4 Å². The molecule has 0 spiro atoms. The number of carbonyl (C=O) groups excluding carboxylic acids is 1. The van der Waals surface area contributed by atoms with Crippen LogP contribution in [0.2, 0.25) is 0 Å². The average molecular weight is 439 g/mol. The van der Waals surface area contributed by atoms with Crippen LogP contribution in [0.1, 0.15) is 16.8 Å². The van der Waals surface area contributed by atoms with E-state index in [9.17, 15) is 9.59 Å². The smallest absolute Gasteiger partial charge is 0.408 e. The van der Waals surface area contributed by atoms with Gasteiger partial charge in [0, 0.05) is 18.0 Å². The molecule has 0 saturated heterocycles. The van der Waals surface area contributed by atoms with Crippen LogP contribution in [0.3, 0.4) is 0 Å².